The van der Waals surface area contributed by atoms with Gasteiger partial charge in [-0.15, -0.1) is 11.3 Å². The van der Waals surface area contributed by atoms with Crippen LogP contribution < -0.4 is 4.72 Å². The van der Waals surface area contributed by atoms with Gasteiger partial charge in [0.2, 0.25) is 10.0 Å². The van der Waals surface area contributed by atoms with Gasteiger partial charge in [-0.2, -0.15) is 0 Å². The molecule has 2 atom stereocenters. The summed E-state index contributed by atoms with van der Waals surface area (Å²) in [6.07, 6.45) is 1.05. The number of carbonyl (C=O) groups is 1. The van der Waals surface area contributed by atoms with Gasteiger partial charge in [-0.05, 0) is 24.3 Å². The minimum Gasteiger partial charge on any atom is -0.478 e. The maximum atomic E-state index is 11.8. The van der Waals surface area contributed by atoms with Gasteiger partial charge in [0, 0.05) is 11.9 Å². The minimum atomic E-state index is -3.55. The van der Waals surface area contributed by atoms with Gasteiger partial charge in [-0.3, -0.25) is 0 Å². The van der Waals surface area contributed by atoms with E-state index < -0.39 is 16.0 Å². The molecule has 1 aromatic rings. The largest absolute Gasteiger partial charge is 0.478 e. The van der Waals surface area contributed by atoms with Crippen molar-refractivity contribution in [2.45, 2.75) is 17.6 Å². The lowest BCUT2D eigenvalue weighted by molar-refractivity contribution is 0.0697. The second-order valence-corrected chi connectivity index (χ2v) is 7.19. The van der Waals surface area contributed by atoms with Gasteiger partial charge in [0.1, 0.15) is 4.21 Å². The molecule has 7 heteroatoms. The van der Waals surface area contributed by atoms with E-state index in [1.807, 2.05) is 0 Å². The molecule has 1 saturated carbocycles. The van der Waals surface area contributed by atoms with Gasteiger partial charge >= 0.3 is 5.97 Å². The van der Waals surface area contributed by atoms with E-state index in [2.05, 4.69) is 11.6 Å². The molecule has 0 spiro atoms. The van der Waals surface area contributed by atoms with E-state index in [1.54, 1.807) is 0 Å². The molecule has 1 aliphatic carbocycles. The Morgan fingerprint density at radius 1 is 1.65 bits per heavy atom. The molecule has 1 aliphatic rings. The van der Waals surface area contributed by atoms with E-state index in [0.717, 1.165) is 17.8 Å². The number of rotatable bonds is 5. The summed E-state index contributed by atoms with van der Waals surface area (Å²) in [7, 11) is -3.55. The van der Waals surface area contributed by atoms with Crippen LogP contribution in [-0.4, -0.2) is 26.0 Å². The molecule has 2 unspecified atom stereocenters. The highest BCUT2D eigenvalue weighted by Gasteiger charge is 2.33. The number of carboxylic acid groups (broad SMARTS) is 1. The van der Waals surface area contributed by atoms with Crippen molar-refractivity contribution >= 4 is 27.3 Å². The first kappa shape index (κ1) is 12.5. The summed E-state index contributed by atoms with van der Waals surface area (Å²) in [6.45, 7) is 2.51. The number of carboxylic acids is 1. The molecule has 0 saturated heterocycles. The van der Waals surface area contributed by atoms with Crippen molar-refractivity contribution in [3.05, 3.63) is 17.0 Å². The van der Waals surface area contributed by atoms with Crippen LogP contribution in [0.25, 0.3) is 0 Å². The third kappa shape index (κ3) is 2.85. The Labute approximate surface area is 104 Å². The van der Waals surface area contributed by atoms with Gasteiger partial charge in [0.25, 0.3) is 0 Å². The normalized spacial score (nSPS) is 23.6. The molecule has 94 valence electrons. The van der Waals surface area contributed by atoms with Crippen LogP contribution >= 0.6 is 11.3 Å². The SMILES string of the molecule is CC1CC1CNS(=O)(=O)c1cc(C(=O)O)cs1. The molecular weight excluding hydrogens is 262 g/mol. The number of hydrogen-bond donors (Lipinski definition) is 2. The molecule has 0 radical (unpaired) electrons. The molecule has 0 bridgehead atoms. The molecule has 1 heterocycles. The van der Waals surface area contributed by atoms with E-state index in [1.165, 1.54) is 11.4 Å². The maximum absolute atomic E-state index is 11.8. The van der Waals surface area contributed by atoms with Crippen LogP contribution in [-0.2, 0) is 10.0 Å². The fourth-order valence-corrected chi connectivity index (χ4v) is 3.83. The Kier molecular flexibility index (Phi) is 3.24. The standard InChI is InChI=1S/C10H13NO4S2/c1-6-2-7(6)4-11-17(14,15)9-3-8(5-16-9)10(12)13/h3,5-7,11H,2,4H2,1H3,(H,12,13). The van der Waals surface area contributed by atoms with E-state index in [9.17, 15) is 13.2 Å². The van der Waals surface area contributed by atoms with Crippen LogP contribution in [0.1, 0.15) is 23.7 Å². The molecule has 0 aliphatic heterocycles. The van der Waals surface area contributed by atoms with Crippen molar-refractivity contribution in [3.63, 3.8) is 0 Å². The Balaban J connectivity index is 2.05. The molecule has 2 rings (SSSR count). The second-order valence-electron chi connectivity index (χ2n) is 4.28. The quantitative estimate of drug-likeness (QED) is 0.850. The lowest BCUT2D eigenvalue weighted by atomic mass is 10.3. The third-order valence-corrected chi connectivity index (χ3v) is 5.76. The Morgan fingerprint density at radius 3 is 2.76 bits per heavy atom. The monoisotopic (exact) mass is 275 g/mol. The summed E-state index contributed by atoms with van der Waals surface area (Å²) < 4.78 is 26.2. The van der Waals surface area contributed by atoms with Crippen molar-refractivity contribution in [1.29, 1.82) is 0 Å². The zero-order valence-electron chi connectivity index (χ0n) is 9.21. The molecule has 1 fully saturated rings. The average Bonchev–Trinajstić information content (AvgIpc) is 2.78. The van der Waals surface area contributed by atoms with Crippen LogP contribution in [0.3, 0.4) is 0 Å². The predicted octanol–water partition coefficient (Wildman–Crippen LogP) is 1.38. The topological polar surface area (TPSA) is 83.5 Å². The molecule has 1 aromatic heterocycles. The first-order valence-electron chi connectivity index (χ1n) is 5.21. The summed E-state index contributed by atoms with van der Waals surface area (Å²) in [5.74, 6) is -0.113. The van der Waals surface area contributed by atoms with Crippen LogP contribution in [0.2, 0.25) is 0 Å². The highest BCUT2D eigenvalue weighted by atomic mass is 32.2. The molecule has 2 N–H and O–H groups in total. The van der Waals surface area contributed by atoms with Crippen molar-refractivity contribution < 1.29 is 18.3 Å². The van der Waals surface area contributed by atoms with Crippen LogP contribution in [0.5, 0.6) is 0 Å². The van der Waals surface area contributed by atoms with Gasteiger partial charge in [0.05, 0.1) is 5.56 Å². The van der Waals surface area contributed by atoms with E-state index in [4.69, 9.17) is 5.11 Å². The molecule has 0 aromatic carbocycles. The fraction of sp³-hybridized carbons (Fsp3) is 0.500. The maximum Gasteiger partial charge on any atom is 0.336 e. The smallest absolute Gasteiger partial charge is 0.336 e. The summed E-state index contributed by atoms with van der Waals surface area (Å²) in [4.78, 5) is 10.7. The number of thiophene rings is 1. The molecule has 17 heavy (non-hydrogen) atoms. The lowest BCUT2D eigenvalue weighted by Crippen LogP contribution is -2.25. The van der Waals surface area contributed by atoms with Crippen molar-refractivity contribution in [1.82, 2.24) is 4.72 Å². The zero-order valence-corrected chi connectivity index (χ0v) is 10.8. The highest BCUT2D eigenvalue weighted by molar-refractivity contribution is 7.91. The molecular formula is C10H13NO4S2. The lowest BCUT2D eigenvalue weighted by Gasteiger charge is -2.02. The number of hydrogen-bond acceptors (Lipinski definition) is 4. The number of nitrogens with one attached hydrogen (secondary N) is 1. The third-order valence-electron chi connectivity index (χ3n) is 2.90. The van der Waals surface area contributed by atoms with Crippen LogP contribution in [0, 0.1) is 11.8 Å². The van der Waals surface area contributed by atoms with E-state index >= 15 is 0 Å². The van der Waals surface area contributed by atoms with Crippen molar-refractivity contribution in [3.8, 4) is 0 Å². The first-order chi connectivity index (χ1) is 7.90. The fourth-order valence-electron chi connectivity index (χ4n) is 1.54. The van der Waals surface area contributed by atoms with Gasteiger partial charge in [0.15, 0.2) is 0 Å². The molecule has 0 amide bonds. The zero-order chi connectivity index (χ0) is 12.6. The summed E-state index contributed by atoms with van der Waals surface area (Å²) in [5.41, 5.74) is 0.00941. The highest BCUT2D eigenvalue weighted by Crippen LogP contribution is 2.37. The number of aromatic carboxylic acids is 1. The predicted molar refractivity (Wildman–Crippen MR) is 63.7 cm³/mol. The Hall–Kier alpha value is -0.920. The van der Waals surface area contributed by atoms with E-state index in [-0.39, 0.29) is 9.77 Å². The minimum absolute atomic E-state index is 0.00941. The number of sulfonamides is 1. The van der Waals surface area contributed by atoms with Gasteiger partial charge < -0.3 is 5.11 Å². The Bertz CT molecular complexity index is 534. The average molecular weight is 275 g/mol. The van der Waals surface area contributed by atoms with Gasteiger partial charge in [-0.1, -0.05) is 6.92 Å². The van der Waals surface area contributed by atoms with Crippen LogP contribution in [0.15, 0.2) is 15.7 Å². The summed E-state index contributed by atoms with van der Waals surface area (Å²) in [5, 5.41) is 10.0. The molecule has 5 nitrogen and oxygen atoms in total. The van der Waals surface area contributed by atoms with E-state index in [0.29, 0.717) is 18.4 Å². The van der Waals surface area contributed by atoms with Crippen molar-refractivity contribution in [2.24, 2.45) is 11.8 Å². The summed E-state index contributed by atoms with van der Waals surface area (Å²) >= 11 is 0.926. The Morgan fingerprint density at radius 2 is 2.29 bits per heavy atom. The second kappa shape index (κ2) is 4.40. The van der Waals surface area contributed by atoms with Gasteiger partial charge in [-0.25, -0.2) is 17.9 Å². The first-order valence-corrected chi connectivity index (χ1v) is 7.58. The summed E-state index contributed by atoms with van der Waals surface area (Å²) in [6, 6.07) is 1.19. The van der Waals surface area contributed by atoms with Crippen molar-refractivity contribution in [2.75, 3.05) is 6.54 Å². The van der Waals surface area contributed by atoms with Crippen LogP contribution in [0.4, 0.5) is 0 Å².